The van der Waals surface area contributed by atoms with E-state index in [1.165, 1.54) is 18.3 Å². The van der Waals surface area contributed by atoms with Crippen LogP contribution in [-0.2, 0) is 0 Å². The topological polar surface area (TPSA) is 125 Å². The molecule has 0 spiro atoms. The van der Waals surface area contributed by atoms with Gasteiger partial charge < -0.3 is 15.2 Å². The molecule has 150 valence electrons. The summed E-state index contributed by atoms with van der Waals surface area (Å²) in [5.41, 5.74) is 3.24. The van der Waals surface area contributed by atoms with E-state index in [9.17, 15) is 20.3 Å². The number of benzene rings is 3. The van der Waals surface area contributed by atoms with Crippen LogP contribution >= 0.6 is 31.9 Å². The van der Waals surface area contributed by atoms with Gasteiger partial charge in [-0.3, -0.25) is 15.1 Å². The Balaban J connectivity index is 1.64. The molecular weight excluding hydrogens is 520 g/mol. The van der Waals surface area contributed by atoms with Gasteiger partial charge in [0.1, 0.15) is 21.8 Å². The van der Waals surface area contributed by atoms with Crippen molar-refractivity contribution in [3.63, 3.8) is 0 Å². The van der Waals surface area contributed by atoms with Gasteiger partial charge in [-0.1, -0.05) is 0 Å². The van der Waals surface area contributed by atoms with Crippen LogP contribution in [0, 0.1) is 10.1 Å². The predicted octanol–water partition coefficient (Wildman–Crippen LogP) is 5.82. The molecule has 30 heavy (non-hydrogen) atoms. The molecule has 4 aromatic rings. The van der Waals surface area contributed by atoms with E-state index in [4.69, 9.17) is 0 Å². The van der Waals surface area contributed by atoms with E-state index >= 15 is 0 Å². The number of phenolic OH excluding ortho intramolecular Hbond substituents is 2. The first-order valence-electron chi connectivity index (χ1n) is 8.52. The summed E-state index contributed by atoms with van der Waals surface area (Å²) in [5, 5.41) is 30.8. The van der Waals surface area contributed by atoms with Crippen molar-refractivity contribution in [2.75, 3.05) is 0 Å². The van der Waals surface area contributed by atoms with Crippen molar-refractivity contribution in [2.45, 2.75) is 0 Å². The fourth-order valence-electron chi connectivity index (χ4n) is 2.81. The molecule has 0 atom stereocenters. The summed E-state index contributed by atoms with van der Waals surface area (Å²) in [6.45, 7) is 0. The van der Waals surface area contributed by atoms with Crippen LogP contribution in [0.5, 0.6) is 11.5 Å². The van der Waals surface area contributed by atoms with E-state index in [2.05, 4.69) is 46.8 Å². The van der Waals surface area contributed by atoms with Gasteiger partial charge in [-0.15, -0.1) is 0 Å². The van der Waals surface area contributed by atoms with Gasteiger partial charge in [0, 0.05) is 29.5 Å². The first-order valence-corrected chi connectivity index (χ1v) is 10.1. The number of nitrogens with one attached hydrogen (secondary N) is 1. The molecule has 0 aliphatic rings. The molecule has 4 rings (SSSR count). The summed E-state index contributed by atoms with van der Waals surface area (Å²) in [6.07, 6.45) is 1.48. The monoisotopic (exact) mass is 530 g/mol. The Morgan fingerprint density at radius 1 is 1.07 bits per heavy atom. The second-order valence-electron chi connectivity index (χ2n) is 6.31. The predicted molar refractivity (Wildman–Crippen MR) is 121 cm³/mol. The second kappa shape index (κ2) is 7.88. The molecule has 0 radical (unpaired) electrons. The number of nitro benzene ring substituents is 1. The van der Waals surface area contributed by atoms with Gasteiger partial charge >= 0.3 is 0 Å². The lowest BCUT2D eigenvalue weighted by atomic mass is 10.2. The van der Waals surface area contributed by atoms with E-state index in [1.54, 1.807) is 30.3 Å². The molecule has 0 unspecified atom stereocenters. The van der Waals surface area contributed by atoms with Gasteiger partial charge in [0.15, 0.2) is 0 Å². The van der Waals surface area contributed by atoms with Gasteiger partial charge in [0.25, 0.3) is 5.69 Å². The maximum atomic E-state index is 10.8. The number of aromatic nitrogens is 2. The number of fused-ring (bicyclic) bond motifs is 1. The van der Waals surface area contributed by atoms with Crippen molar-refractivity contribution < 1.29 is 15.1 Å². The summed E-state index contributed by atoms with van der Waals surface area (Å²) in [4.78, 5) is 22.4. The number of hydrogen-bond donors (Lipinski definition) is 3. The van der Waals surface area contributed by atoms with Gasteiger partial charge in [-0.25, -0.2) is 4.98 Å². The molecule has 3 aromatic carbocycles. The van der Waals surface area contributed by atoms with Crippen molar-refractivity contribution in [1.82, 2.24) is 9.97 Å². The second-order valence-corrected chi connectivity index (χ2v) is 7.96. The van der Waals surface area contributed by atoms with E-state index in [0.29, 0.717) is 27.1 Å². The zero-order valence-corrected chi connectivity index (χ0v) is 18.2. The standard InChI is InChI=1S/C20H12Br2N4O4/c21-14-7-11(18(27)17(22)19(14)28)9-23-12-3-6-15-16(8-12)25-20(24-15)10-1-4-13(5-2-10)26(29)30/h1-9,27-28H,(H,24,25)/b23-9+. The van der Waals surface area contributed by atoms with Gasteiger partial charge in [0.05, 0.1) is 26.1 Å². The zero-order valence-electron chi connectivity index (χ0n) is 15.0. The number of nitro groups is 1. The number of aromatic amines is 1. The first kappa shape index (κ1) is 20.0. The maximum Gasteiger partial charge on any atom is 0.269 e. The van der Waals surface area contributed by atoms with Crippen LogP contribution in [0.4, 0.5) is 11.4 Å². The molecule has 10 heteroatoms. The Morgan fingerprint density at radius 2 is 1.80 bits per heavy atom. The molecule has 0 aliphatic heterocycles. The largest absolute Gasteiger partial charge is 0.506 e. The van der Waals surface area contributed by atoms with Crippen LogP contribution in [0.1, 0.15) is 5.56 Å². The molecule has 0 bridgehead atoms. The molecular formula is C20H12Br2N4O4. The van der Waals surface area contributed by atoms with Crippen LogP contribution in [0.15, 0.2) is 62.5 Å². The highest BCUT2D eigenvalue weighted by Gasteiger charge is 2.13. The lowest BCUT2D eigenvalue weighted by Crippen LogP contribution is -1.87. The van der Waals surface area contributed by atoms with Crippen molar-refractivity contribution in [3.8, 4) is 22.9 Å². The number of rotatable bonds is 4. The molecule has 0 amide bonds. The Bertz CT molecular complexity index is 1320. The van der Waals surface area contributed by atoms with E-state index in [1.807, 2.05) is 6.07 Å². The summed E-state index contributed by atoms with van der Waals surface area (Å²) in [7, 11) is 0. The van der Waals surface area contributed by atoms with E-state index < -0.39 is 4.92 Å². The first-order chi connectivity index (χ1) is 14.3. The van der Waals surface area contributed by atoms with Gasteiger partial charge in [-0.2, -0.15) is 0 Å². The van der Waals surface area contributed by atoms with E-state index in [-0.39, 0.29) is 21.7 Å². The fourth-order valence-corrected chi connectivity index (χ4v) is 3.97. The number of nitrogens with zero attached hydrogens (tertiary/aromatic N) is 3. The number of halogens is 2. The molecule has 0 saturated carbocycles. The normalized spacial score (nSPS) is 11.4. The summed E-state index contributed by atoms with van der Waals surface area (Å²) in [6, 6.07) is 13.1. The summed E-state index contributed by atoms with van der Waals surface area (Å²) in [5.74, 6) is 0.368. The van der Waals surface area contributed by atoms with Crippen LogP contribution in [0.3, 0.4) is 0 Å². The van der Waals surface area contributed by atoms with Crippen molar-refractivity contribution in [3.05, 3.63) is 73.2 Å². The Hall–Kier alpha value is -3.24. The maximum absolute atomic E-state index is 10.8. The number of aromatic hydroxyl groups is 2. The molecule has 0 aliphatic carbocycles. The number of hydrogen-bond acceptors (Lipinski definition) is 6. The average molecular weight is 532 g/mol. The molecule has 0 fully saturated rings. The number of H-pyrrole nitrogens is 1. The van der Waals surface area contributed by atoms with Crippen molar-refractivity contribution >= 4 is 60.5 Å². The zero-order chi connectivity index (χ0) is 21.4. The van der Waals surface area contributed by atoms with Gasteiger partial charge in [-0.05, 0) is 68.3 Å². The van der Waals surface area contributed by atoms with Crippen LogP contribution in [-0.4, -0.2) is 31.3 Å². The molecule has 3 N–H and O–H groups in total. The Labute approximate surface area is 186 Å². The third kappa shape index (κ3) is 3.79. The third-order valence-electron chi connectivity index (χ3n) is 4.37. The minimum Gasteiger partial charge on any atom is -0.506 e. The van der Waals surface area contributed by atoms with Crippen LogP contribution in [0.2, 0.25) is 0 Å². The van der Waals surface area contributed by atoms with Crippen LogP contribution < -0.4 is 0 Å². The minimum absolute atomic E-state index is 0.0160. The minimum atomic E-state index is -0.449. The summed E-state index contributed by atoms with van der Waals surface area (Å²) >= 11 is 6.36. The number of phenols is 2. The fraction of sp³-hybridized carbons (Fsp3) is 0. The van der Waals surface area contributed by atoms with Crippen molar-refractivity contribution in [1.29, 1.82) is 0 Å². The molecule has 1 heterocycles. The Morgan fingerprint density at radius 3 is 2.50 bits per heavy atom. The van der Waals surface area contributed by atoms with Crippen LogP contribution in [0.25, 0.3) is 22.4 Å². The SMILES string of the molecule is O=[N+]([O-])c1ccc(-c2nc3cc(/N=C/c4cc(Br)c(O)c(Br)c4O)ccc3[nH]2)cc1. The lowest BCUT2D eigenvalue weighted by Gasteiger charge is -2.06. The smallest absolute Gasteiger partial charge is 0.269 e. The van der Waals surface area contributed by atoms with Gasteiger partial charge in [0.2, 0.25) is 0 Å². The highest BCUT2D eigenvalue weighted by Crippen LogP contribution is 2.40. The number of non-ortho nitro benzene ring substituents is 1. The highest BCUT2D eigenvalue weighted by molar-refractivity contribution is 9.11. The number of imidazole rings is 1. The average Bonchev–Trinajstić information content (AvgIpc) is 3.17. The van der Waals surface area contributed by atoms with E-state index in [0.717, 1.165) is 11.1 Å². The summed E-state index contributed by atoms with van der Waals surface area (Å²) < 4.78 is 0.595. The third-order valence-corrected chi connectivity index (χ3v) is 5.72. The molecule has 1 aromatic heterocycles. The highest BCUT2D eigenvalue weighted by atomic mass is 79.9. The van der Waals surface area contributed by atoms with Crippen molar-refractivity contribution in [2.24, 2.45) is 4.99 Å². The quantitative estimate of drug-likeness (QED) is 0.174. The molecule has 8 nitrogen and oxygen atoms in total. The Kier molecular flexibility index (Phi) is 5.27. The molecule has 0 saturated heterocycles. The lowest BCUT2D eigenvalue weighted by molar-refractivity contribution is -0.384. The number of aliphatic imine (C=N–C) groups is 1.